The lowest BCUT2D eigenvalue weighted by molar-refractivity contribution is 0.0128. The molecule has 4 heterocycles. The number of alkyl halides is 2. The molecule has 2 aromatic heterocycles. The summed E-state index contributed by atoms with van der Waals surface area (Å²) in [6.07, 6.45) is 6.31. The molecule has 0 N–H and O–H groups in total. The van der Waals surface area contributed by atoms with Crippen molar-refractivity contribution in [1.82, 2.24) is 29.2 Å². The Balaban J connectivity index is 1.77. The Bertz CT molecular complexity index is 851. The van der Waals surface area contributed by atoms with Gasteiger partial charge in [0.2, 0.25) is 0 Å². The second-order valence-electron chi connectivity index (χ2n) is 6.22. The molecule has 25 heavy (non-hydrogen) atoms. The van der Waals surface area contributed by atoms with Crippen molar-refractivity contribution in [2.45, 2.75) is 33.0 Å². The van der Waals surface area contributed by atoms with Crippen LogP contribution < -0.4 is 0 Å². The van der Waals surface area contributed by atoms with Crippen molar-refractivity contribution >= 4 is 5.57 Å². The molecule has 2 aromatic rings. The SMILES string of the molecule is CC(C)n1ncnc1-c1cn2c(n1)C1=C(C=CN(C(F)F)C1)OCC2. The van der Waals surface area contributed by atoms with Crippen LogP contribution in [-0.4, -0.2) is 48.9 Å². The molecule has 0 unspecified atom stereocenters. The van der Waals surface area contributed by atoms with Crippen LogP contribution in [0.4, 0.5) is 8.78 Å². The van der Waals surface area contributed by atoms with E-state index in [0.29, 0.717) is 41.8 Å². The fourth-order valence-corrected chi connectivity index (χ4v) is 3.03. The van der Waals surface area contributed by atoms with Gasteiger partial charge in [-0.3, -0.25) is 0 Å². The molecule has 0 aliphatic carbocycles. The zero-order chi connectivity index (χ0) is 17.6. The van der Waals surface area contributed by atoms with Crippen molar-refractivity contribution in [1.29, 1.82) is 0 Å². The zero-order valence-corrected chi connectivity index (χ0v) is 13.9. The summed E-state index contributed by atoms with van der Waals surface area (Å²) in [6.45, 7) is 2.56. The van der Waals surface area contributed by atoms with Crippen LogP contribution in [0.25, 0.3) is 17.1 Å². The Labute approximate surface area is 143 Å². The topological polar surface area (TPSA) is 61.0 Å². The van der Waals surface area contributed by atoms with Gasteiger partial charge in [0.15, 0.2) is 5.82 Å². The number of ether oxygens (including phenoxy) is 1. The van der Waals surface area contributed by atoms with Crippen LogP contribution in [0.5, 0.6) is 0 Å². The predicted octanol–water partition coefficient (Wildman–Crippen LogP) is 2.52. The van der Waals surface area contributed by atoms with Gasteiger partial charge in [-0.05, 0) is 19.9 Å². The summed E-state index contributed by atoms with van der Waals surface area (Å²) < 4.78 is 35.6. The van der Waals surface area contributed by atoms with Gasteiger partial charge in [-0.25, -0.2) is 14.6 Å². The van der Waals surface area contributed by atoms with Gasteiger partial charge in [-0.2, -0.15) is 13.9 Å². The Morgan fingerprint density at radius 2 is 2.08 bits per heavy atom. The highest BCUT2D eigenvalue weighted by Gasteiger charge is 2.28. The summed E-state index contributed by atoms with van der Waals surface area (Å²) in [5.74, 6) is 1.89. The van der Waals surface area contributed by atoms with Crippen LogP contribution >= 0.6 is 0 Å². The molecule has 0 bridgehead atoms. The fraction of sp³-hybridized carbons (Fsp3) is 0.438. The summed E-state index contributed by atoms with van der Waals surface area (Å²) >= 11 is 0. The highest BCUT2D eigenvalue weighted by atomic mass is 19.3. The van der Waals surface area contributed by atoms with Gasteiger partial charge in [-0.1, -0.05) is 0 Å². The Morgan fingerprint density at radius 1 is 1.24 bits per heavy atom. The number of fused-ring (bicyclic) bond motifs is 2. The molecule has 0 spiro atoms. The van der Waals surface area contributed by atoms with E-state index in [9.17, 15) is 8.78 Å². The van der Waals surface area contributed by atoms with Crippen molar-refractivity contribution in [3.63, 3.8) is 0 Å². The second-order valence-corrected chi connectivity index (χ2v) is 6.22. The summed E-state index contributed by atoms with van der Waals surface area (Å²) in [5.41, 5.74) is 1.33. The molecule has 0 fully saturated rings. The van der Waals surface area contributed by atoms with Crippen LogP contribution in [0.3, 0.4) is 0 Å². The minimum Gasteiger partial charge on any atom is -0.491 e. The standard InChI is InChI=1S/C16H18F2N6O/c1-10(2)24-15(19-9-20-24)12-8-22-5-6-25-13-3-4-23(16(17)18)7-11(13)14(22)21-12/h3-4,8-10,16H,5-7H2,1-2H3. The van der Waals surface area contributed by atoms with E-state index in [4.69, 9.17) is 4.74 Å². The molecule has 0 aromatic carbocycles. The number of hydrogen-bond acceptors (Lipinski definition) is 5. The largest absolute Gasteiger partial charge is 0.491 e. The number of aromatic nitrogens is 5. The minimum absolute atomic E-state index is 0.0524. The third-order valence-corrected chi connectivity index (χ3v) is 4.23. The molecule has 0 saturated heterocycles. The lowest BCUT2D eigenvalue weighted by atomic mass is 10.1. The maximum absolute atomic E-state index is 13.1. The van der Waals surface area contributed by atoms with E-state index in [1.54, 1.807) is 10.8 Å². The first-order valence-corrected chi connectivity index (χ1v) is 8.10. The molecular weight excluding hydrogens is 330 g/mol. The Hall–Kier alpha value is -2.71. The summed E-state index contributed by atoms with van der Waals surface area (Å²) in [4.78, 5) is 9.94. The van der Waals surface area contributed by atoms with Crippen LogP contribution in [0.2, 0.25) is 0 Å². The molecule has 2 aliphatic heterocycles. The van der Waals surface area contributed by atoms with Gasteiger partial charge >= 0.3 is 6.55 Å². The van der Waals surface area contributed by atoms with Gasteiger partial charge in [0.25, 0.3) is 0 Å². The monoisotopic (exact) mass is 348 g/mol. The maximum atomic E-state index is 13.1. The molecule has 2 aliphatic rings. The summed E-state index contributed by atoms with van der Waals surface area (Å²) in [7, 11) is 0. The quantitative estimate of drug-likeness (QED) is 0.798. The molecule has 132 valence electrons. The Morgan fingerprint density at radius 3 is 2.84 bits per heavy atom. The number of nitrogens with zero attached hydrogens (tertiary/aromatic N) is 6. The van der Waals surface area contributed by atoms with Gasteiger partial charge in [0.05, 0.1) is 18.7 Å². The highest BCUT2D eigenvalue weighted by molar-refractivity contribution is 5.70. The molecule has 0 atom stereocenters. The number of imidazole rings is 1. The molecule has 0 saturated carbocycles. The average Bonchev–Trinajstić information content (AvgIpc) is 3.18. The van der Waals surface area contributed by atoms with Gasteiger partial charge in [-0.15, -0.1) is 0 Å². The third kappa shape index (κ3) is 2.69. The number of allylic oxidation sites excluding steroid dienone is 1. The first kappa shape index (κ1) is 15.8. The van der Waals surface area contributed by atoms with Crippen molar-refractivity contribution in [3.8, 4) is 11.5 Å². The van der Waals surface area contributed by atoms with Crippen LogP contribution in [0, 0.1) is 0 Å². The van der Waals surface area contributed by atoms with E-state index in [1.165, 1.54) is 12.5 Å². The van der Waals surface area contributed by atoms with E-state index >= 15 is 0 Å². The van der Waals surface area contributed by atoms with Crippen molar-refractivity contribution in [2.75, 3.05) is 13.2 Å². The smallest absolute Gasteiger partial charge is 0.315 e. The molecular formula is C16H18F2N6O. The highest BCUT2D eigenvalue weighted by Crippen LogP contribution is 2.31. The van der Waals surface area contributed by atoms with Crippen molar-refractivity contribution in [3.05, 3.63) is 36.4 Å². The molecule has 0 radical (unpaired) electrons. The first-order chi connectivity index (χ1) is 12.0. The molecule has 7 nitrogen and oxygen atoms in total. The van der Waals surface area contributed by atoms with Crippen LogP contribution in [-0.2, 0) is 11.3 Å². The molecule has 4 rings (SSSR count). The second kappa shape index (κ2) is 5.98. The normalized spacial score (nSPS) is 17.0. The Kier molecular flexibility index (Phi) is 3.78. The van der Waals surface area contributed by atoms with E-state index in [2.05, 4.69) is 15.1 Å². The van der Waals surface area contributed by atoms with Gasteiger partial charge < -0.3 is 14.2 Å². The summed E-state index contributed by atoms with van der Waals surface area (Å²) in [6, 6.07) is 0.143. The third-order valence-electron chi connectivity index (χ3n) is 4.23. The minimum atomic E-state index is -2.57. The number of halogens is 2. The van der Waals surface area contributed by atoms with Gasteiger partial charge in [0.1, 0.15) is 30.2 Å². The van der Waals surface area contributed by atoms with Crippen LogP contribution in [0.1, 0.15) is 25.7 Å². The van der Waals surface area contributed by atoms with Crippen LogP contribution in [0.15, 0.2) is 30.6 Å². The van der Waals surface area contributed by atoms with Crippen molar-refractivity contribution < 1.29 is 13.5 Å². The molecule has 9 heteroatoms. The van der Waals surface area contributed by atoms with Crippen molar-refractivity contribution in [2.24, 2.45) is 0 Å². The molecule has 0 amide bonds. The van der Waals surface area contributed by atoms with E-state index in [1.807, 2.05) is 24.6 Å². The number of hydrogen-bond donors (Lipinski definition) is 0. The van der Waals surface area contributed by atoms with E-state index in [-0.39, 0.29) is 12.6 Å². The first-order valence-electron chi connectivity index (χ1n) is 8.10. The fourth-order valence-electron chi connectivity index (χ4n) is 3.03. The van der Waals surface area contributed by atoms with Gasteiger partial charge in [0, 0.05) is 18.4 Å². The lowest BCUT2D eigenvalue weighted by Crippen LogP contribution is -2.28. The van der Waals surface area contributed by atoms with E-state index in [0.717, 1.165) is 4.90 Å². The lowest BCUT2D eigenvalue weighted by Gasteiger charge is -2.24. The summed E-state index contributed by atoms with van der Waals surface area (Å²) in [5, 5.41) is 4.23. The zero-order valence-electron chi connectivity index (χ0n) is 13.9. The number of rotatable bonds is 3. The average molecular weight is 348 g/mol. The van der Waals surface area contributed by atoms with E-state index < -0.39 is 6.55 Å². The maximum Gasteiger partial charge on any atom is 0.315 e. The predicted molar refractivity (Wildman–Crippen MR) is 86.4 cm³/mol.